The molecule has 0 spiro atoms. The van der Waals surface area contributed by atoms with E-state index in [9.17, 15) is 0 Å². The Morgan fingerprint density at radius 3 is 2.90 bits per heavy atom. The highest BCUT2D eigenvalue weighted by molar-refractivity contribution is 5.80. The van der Waals surface area contributed by atoms with Crippen molar-refractivity contribution < 1.29 is 4.42 Å². The van der Waals surface area contributed by atoms with E-state index in [2.05, 4.69) is 50.8 Å². The minimum absolute atomic E-state index is 0.217. The number of furan rings is 1. The fraction of sp³-hybridized carbons (Fsp3) is 0.636. The Morgan fingerprint density at radius 1 is 1.34 bits per heavy atom. The molecule has 0 aromatic carbocycles. The Balaban J connectivity index is 1.50. The van der Waals surface area contributed by atoms with Crippen LogP contribution in [0.5, 0.6) is 0 Å². The van der Waals surface area contributed by atoms with Gasteiger partial charge in [-0.25, -0.2) is 4.98 Å². The summed E-state index contributed by atoms with van der Waals surface area (Å²) in [5, 5.41) is 3.53. The molecule has 3 unspecified atom stereocenters. The van der Waals surface area contributed by atoms with E-state index >= 15 is 0 Å². The largest absolute Gasteiger partial charge is 0.468 e. The van der Waals surface area contributed by atoms with Crippen LogP contribution in [0.2, 0.25) is 0 Å². The lowest BCUT2D eigenvalue weighted by Gasteiger charge is -2.39. The molecule has 3 atom stereocenters. The molecule has 2 aromatic rings. The summed E-state index contributed by atoms with van der Waals surface area (Å²) in [4.78, 5) is 14.3. The van der Waals surface area contributed by atoms with Gasteiger partial charge >= 0.3 is 0 Å². The second-order valence-electron chi connectivity index (χ2n) is 8.26. The van der Waals surface area contributed by atoms with Gasteiger partial charge in [0.05, 0.1) is 31.2 Å². The Hall–Kier alpha value is -2.28. The Labute approximate surface area is 173 Å². The zero-order valence-corrected chi connectivity index (χ0v) is 17.7. The Kier molecular flexibility index (Phi) is 6.54. The predicted octanol–water partition coefficient (Wildman–Crippen LogP) is 3.16. The number of hydrogen-bond acceptors (Lipinski definition) is 4. The standard InChI is InChI=1S/C22H34N6O/c1-3-24-22(27-12-8-18(2)20(16-27)28-13-9-23-17-28)25-15-19(21-7-6-14-29-21)26-10-4-5-11-26/h6-7,9,13-14,17-20H,3-5,8,10-12,15-16H2,1-2H3,(H,24,25). The number of aromatic nitrogens is 2. The van der Waals surface area contributed by atoms with Gasteiger partial charge in [0.25, 0.3) is 0 Å². The van der Waals surface area contributed by atoms with Gasteiger partial charge in [-0.3, -0.25) is 9.89 Å². The van der Waals surface area contributed by atoms with Crippen molar-refractivity contribution in [3.8, 4) is 0 Å². The van der Waals surface area contributed by atoms with Crippen molar-refractivity contribution in [2.24, 2.45) is 10.9 Å². The molecule has 7 heteroatoms. The third kappa shape index (κ3) is 4.66. The summed E-state index contributed by atoms with van der Waals surface area (Å²) in [7, 11) is 0. The molecule has 7 nitrogen and oxygen atoms in total. The molecule has 0 radical (unpaired) electrons. The van der Waals surface area contributed by atoms with Crippen LogP contribution < -0.4 is 5.32 Å². The van der Waals surface area contributed by atoms with Crippen LogP contribution in [-0.2, 0) is 0 Å². The van der Waals surface area contributed by atoms with Crippen LogP contribution in [0.3, 0.4) is 0 Å². The monoisotopic (exact) mass is 398 g/mol. The maximum absolute atomic E-state index is 5.77. The molecule has 4 rings (SSSR count). The summed E-state index contributed by atoms with van der Waals surface area (Å²) < 4.78 is 8.02. The molecule has 2 aliphatic rings. The maximum atomic E-state index is 5.77. The van der Waals surface area contributed by atoms with Crippen LogP contribution in [0.4, 0.5) is 0 Å². The van der Waals surface area contributed by atoms with Gasteiger partial charge in [-0.05, 0) is 57.3 Å². The van der Waals surface area contributed by atoms with Crippen molar-refractivity contribution in [2.45, 2.75) is 45.2 Å². The number of nitrogens with one attached hydrogen (secondary N) is 1. The van der Waals surface area contributed by atoms with Gasteiger partial charge in [0.1, 0.15) is 5.76 Å². The Bertz CT molecular complexity index is 750. The van der Waals surface area contributed by atoms with Crippen LogP contribution in [0.15, 0.2) is 46.5 Å². The number of guanidine groups is 1. The van der Waals surface area contributed by atoms with Crippen molar-refractivity contribution in [2.75, 3.05) is 39.3 Å². The smallest absolute Gasteiger partial charge is 0.194 e. The van der Waals surface area contributed by atoms with Gasteiger partial charge in [-0.15, -0.1) is 0 Å². The second-order valence-corrected chi connectivity index (χ2v) is 8.26. The zero-order chi connectivity index (χ0) is 20.1. The van der Waals surface area contributed by atoms with E-state index in [0.29, 0.717) is 12.0 Å². The lowest BCUT2D eigenvalue weighted by Crippen LogP contribution is -2.49. The molecule has 4 heterocycles. The number of imidazole rings is 1. The molecule has 2 fully saturated rings. The minimum Gasteiger partial charge on any atom is -0.468 e. The normalized spacial score (nSPS) is 24.8. The number of rotatable bonds is 6. The molecule has 0 amide bonds. The van der Waals surface area contributed by atoms with Gasteiger partial charge in [0.15, 0.2) is 5.96 Å². The van der Waals surface area contributed by atoms with Gasteiger partial charge in [0.2, 0.25) is 0 Å². The highest BCUT2D eigenvalue weighted by atomic mass is 16.3. The molecule has 0 bridgehead atoms. The highest BCUT2D eigenvalue weighted by Crippen LogP contribution is 2.28. The van der Waals surface area contributed by atoms with Crippen LogP contribution in [-0.4, -0.2) is 64.6 Å². The average Bonchev–Trinajstić information content (AvgIpc) is 3.51. The fourth-order valence-electron chi connectivity index (χ4n) is 4.61. The molecule has 0 saturated carbocycles. The number of piperidine rings is 1. The first-order chi connectivity index (χ1) is 14.3. The van der Waals surface area contributed by atoms with E-state index < -0.39 is 0 Å². The zero-order valence-electron chi connectivity index (χ0n) is 17.7. The first-order valence-electron chi connectivity index (χ1n) is 11.0. The molecule has 2 aromatic heterocycles. The summed E-state index contributed by atoms with van der Waals surface area (Å²) in [6.45, 7) is 10.3. The van der Waals surface area contributed by atoms with E-state index in [4.69, 9.17) is 9.41 Å². The maximum Gasteiger partial charge on any atom is 0.194 e. The second kappa shape index (κ2) is 9.48. The third-order valence-electron chi connectivity index (χ3n) is 6.33. The van der Waals surface area contributed by atoms with E-state index in [0.717, 1.165) is 57.4 Å². The molecular weight excluding hydrogens is 364 g/mol. The van der Waals surface area contributed by atoms with Gasteiger partial charge < -0.3 is 19.2 Å². The fourth-order valence-corrected chi connectivity index (χ4v) is 4.61. The van der Waals surface area contributed by atoms with Crippen LogP contribution in [0.25, 0.3) is 0 Å². The molecule has 158 valence electrons. The van der Waals surface area contributed by atoms with Crippen molar-refractivity contribution in [1.29, 1.82) is 0 Å². The molecule has 29 heavy (non-hydrogen) atoms. The summed E-state index contributed by atoms with van der Waals surface area (Å²) in [5.74, 6) is 2.67. The van der Waals surface area contributed by atoms with E-state index in [-0.39, 0.29) is 6.04 Å². The quantitative estimate of drug-likeness (QED) is 0.598. The lowest BCUT2D eigenvalue weighted by atomic mass is 9.93. The molecule has 1 N–H and O–H groups in total. The van der Waals surface area contributed by atoms with Crippen LogP contribution in [0.1, 0.15) is 51.0 Å². The number of likely N-dealkylation sites (tertiary alicyclic amines) is 2. The van der Waals surface area contributed by atoms with Gasteiger partial charge in [0, 0.05) is 32.0 Å². The lowest BCUT2D eigenvalue weighted by molar-refractivity contribution is 0.187. The number of aliphatic imine (C=N–C) groups is 1. The molecule has 0 aliphatic carbocycles. The number of hydrogen-bond donors (Lipinski definition) is 1. The summed E-state index contributed by atoms with van der Waals surface area (Å²) in [6, 6.07) is 4.71. The third-order valence-corrected chi connectivity index (χ3v) is 6.33. The predicted molar refractivity (Wildman–Crippen MR) is 115 cm³/mol. The van der Waals surface area contributed by atoms with Crippen molar-refractivity contribution in [3.63, 3.8) is 0 Å². The van der Waals surface area contributed by atoms with E-state index in [1.54, 1.807) is 6.26 Å². The molecule has 2 saturated heterocycles. The van der Waals surface area contributed by atoms with Crippen LogP contribution in [0, 0.1) is 5.92 Å². The Morgan fingerprint density at radius 2 is 2.21 bits per heavy atom. The van der Waals surface area contributed by atoms with Crippen LogP contribution >= 0.6 is 0 Å². The first-order valence-corrected chi connectivity index (χ1v) is 11.0. The van der Waals surface area contributed by atoms with E-state index in [1.165, 1.54) is 12.8 Å². The summed E-state index contributed by atoms with van der Waals surface area (Å²) in [6.07, 6.45) is 11.3. The summed E-state index contributed by atoms with van der Waals surface area (Å²) >= 11 is 0. The number of nitrogens with zero attached hydrogens (tertiary/aromatic N) is 5. The average molecular weight is 399 g/mol. The van der Waals surface area contributed by atoms with Gasteiger partial charge in [-0.1, -0.05) is 6.92 Å². The van der Waals surface area contributed by atoms with Gasteiger partial charge in [-0.2, -0.15) is 0 Å². The molecule has 2 aliphatic heterocycles. The topological polar surface area (TPSA) is 61.8 Å². The van der Waals surface area contributed by atoms with Crippen molar-refractivity contribution in [3.05, 3.63) is 42.9 Å². The van der Waals surface area contributed by atoms with Crippen molar-refractivity contribution in [1.82, 2.24) is 24.7 Å². The van der Waals surface area contributed by atoms with Crippen molar-refractivity contribution >= 4 is 5.96 Å². The SMILES string of the molecule is CCNC(=NCC(c1ccco1)N1CCCC1)N1CCC(C)C(n2ccnc2)C1. The van der Waals surface area contributed by atoms with E-state index in [1.807, 2.05) is 18.6 Å². The highest BCUT2D eigenvalue weighted by Gasteiger charge is 2.30. The molecular formula is C22H34N6O. The minimum atomic E-state index is 0.217. The summed E-state index contributed by atoms with van der Waals surface area (Å²) in [5.41, 5.74) is 0. The first kappa shape index (κ1) is 20.0.